The van der Waals surface area contributed by atoms with E-state index in [4.69, 9.17) is 4.74 Å². The molecule has 15 heavy (non-hydrogen) atoms. The number of hydrogen-bond donors (Lipinski definition) is 1. The molecule has 0 spiro atoms. The number of nitrogens with one attached hydrogen (secondary N) is 1. The quantitative estimate of drug-likeness (QED) is 0.761. The number of fused-ring (bicyclic) bond motifs is 1. The molecule has 1 aromatic rings. The Bertz CT molecular complexity index is 344. The van der Waals surface area contributed by atoms with Gasteiger partial charge in [-0.1, -0.05) is 0 Å². The number of ether oxygens (including phenoxy) is 1. The first-order valence-corrected chi connectivity index (χ1v) is 5.31. The molecule has 0 bridgehead atoms. The normalized spacial score (nSPS) is 32.5. The molecule has 1 aliphatic heterocycles. The van der Waals surface area contributed by atoms with Gasteiger partial charge in [-0.2, -0.15) is 4.39 Å². The first-order chi connectivity index (χ1) is 7.31. The van der Waals surface area contributed by atoms with Crippen LogP contribution in [-0.4, -0.2) is 23.7 Å². The summed E-state index contributed by atoms with van der Waals surface area (Å²) in [5.74, 6) is 1.05. The molecular weight excluding hydrogens is 195 g/mol. The minimum Gasteiger partial charge on any atom is -0.490 e. The van der Waals surface area contributed by atoms with Crippen molar-refractivity contribution in [2.75, 3.05) is 6.61 Å². The average molecular weight is 208 g/mol. The third-order valence-electron chi connectivity index (χ3n) is 3.11. The van der Waals surface area contributed by atoms with Crippen molar-refractivity contribution < 1.29 is 9.13 Å². The minimum absolute atomic E-state index is 0.457. The van der Waals surface area contributed by atoms with Gasteiger partial charge in [-0.3, -0.25) is 0 Å². The van der Waals surface area contributed by atoms with E-state index in [0.29, 0.717) is 18.4 Å². The van der Waals surface area contributed by atoms with Crippen molar-refractivity contribution in [3.63, 3.8) is 0 Å². The van der Waals surface area contributed by atoms with Crippen molar-refractivity contribution in [2.45, 2.75) is 24.9 Å². The predicted octanol–water partition coefficient (Wildman–Crippen LogP) is 1.35. The Morgan fingerprint density at radius 2 is 2.40 bits per heavy atom. The van der Waals surface area contributed by atoms with E-state index in [0.717, 1.165) is 12.0 Å². The number of aromatic nitrogens is 1. The van der Waals surface area contributed by atoms with Crippen LogP contribution in [0.25, 0.3) is 0 Å². The van der Waals surface area contributed by atoms with Crippen molar-refractivity contribution in [2.24, 2.45) is 5.92 Å². The zero-order chi connectivity index (χ0) is 10.3. The molecule has 1 saturated carbocycles. The van der Waals surface area contributed by atoms with Gasteiger partial charge in [0.25, 0.3) is 0 Å². The number of pyridine rings is 1. The van der Waals surface area contributed by atoms with Crippen LogP contribution in [0.2, 0.25) is 0 Å². The Kier molecular flexibility index (Phi) is 2.09. The van der Waals surface area contributed by atoms with Crippen molar-refractivity contribution in [3.8, 4) is 5.75 Å². The van der Waals surface area contributed by atoms with Crippen LogP contribution in [0.4, 0.5) is 4.39 Å². The van der Waals surface area contributed by atoms with Gasteiger partial charge in [0.05, 0.1) is 6.20 Å². The molecule has 1 aromatic heterocycles. The van der Waals surface area contributed by atoms with E-state index in [9.17, 15) is 4.39 Å². The molecule has 1 aliphatic carbocycles. The zero-order valence-corrected chi connectivity index (χ0v) is 8.32. The van der Waals surface area contributed by atoms with Crippen LogP contribution in [0.3, 0.4) is 0 Å². The zero-order valence-electron chi connectivity index (χ0n) is 8.32. The van der Waals surface area contributed by atoms with E-state index in [1.165, 1.54) is 25.1 Å². The molecule has 1 saturated heterocycles. The fourth-order valence-electron chi connectivity index (χ4n) is 2.21. The Labute approximate surface area is 87.7 Å². The number of hydrogen-bond acceptors (Lipinski definition) is 3. The summed E-state index contributed by atoms with van der Waals surface area (Å²) < 4.78 is 18.0. The first kappa shape index (κ1) is 9.09. The highest BCUT2D eigenvalue weighted by Crippen LogP contribution is 2.40. The number of nitrogens with zero attached hydrogens (tertiary/aromatic N) is 1. The summed E-state index contributed by atoms with van der Waals surface area (Å²) in [6.45, 7) is 0.653. The van der Waals surface area contributed by atoms with Crippen LogP contribution in [0.5, 0.6) is 5.75 Å². The lowest BCUT2D eigenvalue weighted by Gasteiger charge is -2.13. The molecule has 3 atom stereocenters. The van der Waals surface area contributed by atoms with Gasteiger partial charge < -0.3 is 10.1 Å². The highest BCUT2D eigenvalue weighted by molar-refractivity contribution is 5.16. The lowest BCUT2D eigenvalue weighted by molar-refractivity contribution is 0.266. The van der Waals surface area contributed by atoms with E-state index in [2.05, 4.69) is 10.3 Å². The summed E-state index contributed by atoms with van der Waals surface area (Å²) in [5, 5.41) is 3.49. The van der Waals surface area contributed by atoms with Gasteiger partial charge in [0.1, 0.15) is 12.4 Å². The molecule has 2 aliphatic rings. The second kappa shape index (κ2) is 3.45. The standard InChI is InChI=1S/C11H13FN2O/c12-11-2-1-9(5-13-11)15-6-8-3-7-4-10(7)14-8/h1-2,5,7-8,10,14H,3-4,6H2. The molecule has 2 fully saturated rings. The molecule has 80 valence electrons. The van der Waals surface area contributed by atoms with Gasteiger partial charge >= 0.3 is 0 Å². The SMILES string of the molecule is Fc1ccc(OCC2CC3CC3N2)cn1. The lowest BCUT2D eigenvalue weighted by atomic mass is 10.2. The molecule has 3 nitrogen and oxygen atoms in total. The van der Waals surface area contributed by atoms with Crippen LogP contribution >= 0.6 is 0 Å². The van der Waals surface area contributed by atoms with Crippen molar-refractivity contribution in [1.29, 1.82) is 0 Å². The maximum absolute atomic E-state index is 12.5. The van der Waals surface area contributed by atoms with Crippen molar-refractivity contribution >= 4 is 0 Å². The second-order valence-corrected chi connectivity index (χ2v) is 4.33. The molecule has 0 radical (unpaired) electrons. The number of halogens is 1. The summed E-state index contributed by atoms with van der Waals surface area (Å²) in [6, 6.07) is 4.12. The Balaban J connectivity index is 1.51. The molecule has 0 amide bonds. The average Bonchev–Trinajstić information content (AvgIpc) is 2.86. The fourth-order valence-corrected chi connectivity index (χ4v) is 2.21. The molecule has 2 heterocycles. The smallest absolute Gasteiger partial charge is 0.213 e. The Morgan fingerprint density at radius 3 is 3.07 bits per heavy atom. The van der Waals surface area contributed by atoms with Gasteiger partial charge in [-0.15, -0.1) is 0 Å². The number of rotatable bonds is 3. The van der Waals surface area contributed by atoms with E-state index >= 15 is 0 Å². The van der Waals surface area contributed by atoms with E-state index in [1.807, 2.05) is 0 Å². The van der Waals surface area contributed by atoms with Gasteiger partial charge in [-0.25, -0.2) is 4.98 Å². The fraction of sp³-hybridized carbons (Fsp3) is 0.545. The van der Waals surface area contributed by atoms with Gasteiger partial charge in [0, 0.05) is 12.1 Å². The lowest BCUT2D eigenvalue weighted by Crippen LogP contribution is -2.31. The van der Waals surface area contributed by atoms with Crippen molar-refractivity contribution in [1.82, 2.24) is 10.3 Å². The maximum Gasteiger partial charge on any atom is 0.213 e. The Hall–Kier alpha value is -1.16. The highest BCUT2D eigenvalue weighted by atomic mass is 19.1. The summed E-state index contributed by atoms with van der Waals surface area (Å²) >= 11 is 0. The summed E-state index contributed by atoms with van der Waals surface area (Å²) in [7, 11) is 0. The monoisotopic (exact) mass is 208 g/mol. The summed E-state index contributed by atoms with van der Waals surface area (Å²) in [4.78, 5) is 3.54. The molecule has 0 aromatic carbocycles. The van der Waals surface area contributed by atoms with Crippen LogP contribution in [0.1, 0.15) is 12.8 Å². The van der Waals surface area contributed by atoms with E-state index in [1.54, 1.807) is 6.07 Å². The summed E-state index contributed by atoms with van der Waals surface area (Å²) in [5.41, 5.74) is 0. The third kappa shape index (κ3) is 1.95. The van der Waals surface area contributed by atoms with Gasteiger partial charge in [-0.05, 0) is 30.9 Å². The predicted molar refractivity (Wildman–Crippen MR) is 53.1 cm³/mol. The minimum atomic E-state index is -0.470. The van der Waals surface area contributed by atoms with Gasteiger partial charge in [0.2, 0.25) is 5.95 Å². The topological polar surface area (TPSA) is 34.1 Å². The molecule has 4 heteroatoms. The van der Waals surface area contributed by atoms with Crippen LogP contribution < -0.4 is 10.1 Å². The van der Waals surface area contributed by atoms with E-state index in [-0.39, 0.29) is 0 Å². The first-order valence-electron chi connectivity index (χ1n) is 5.31. The van der Waals surface area contributed by atoms with Gasteiger partial charge in [0.15, 0.2) is 0 Å². The molecular formula is C11H13FN2O. The Morgan fingerprint density at radius 1 is 1.47 bits per heavy atom. The van der Waals surface area contributed by atoms with Crippen LogP contribution in [-0.2, 0) is 0 Å². The molecule has 1 N–H and O–H groups in total. The van der Waals surface area contributed by atoms with Crippen LogP contribution in [0.15, 0.2) is 18.3 Å². The highest BCUT2D eigenvalue weighted by Gasteiger charge is 2.45. The molecule has 3 unspecified atom stereocenters. The van der Waals surface area contributed by atoms with E-state index < -0.39 is 5.95 Å². The van der Waals surface area contributed by atoms with Crippen molar-refractivity contribution in [3.05, 3.63) is 24.3 Å². The largest absolute Gasteiger partial charge is 0.490 e. The van der Waals surface area contributed by atoms with Crippen LogP contribution in [0, 0.1) is 11.9 Å². The third-order valence-corrected chi connectivity index (χ3v) is 3.11. The maximum atomic E-state index is 12.5. The molecule has 3 rings (SSSR count). The second-order valence-electron chi connectivity index (χ2n) is 4.33. The summed E-state index contributed by atoms with van der Waals surface area (Å²) in [6.07, 6.45) is 3.96. The number of piperidine rings is 1.